The molecule has 0 atom stereocenters. The molecule has 0 spiro atoms. The van der Waals surface area contributed by atoms with Gasteiger partial charge in [-0.15, -0.1) is 0 Å². The Balaban J connectivity index is 1.48. The number of amides is 2. The Bertz CT molecular complexity index is 771. The molecule has 0 saturated heterocycles. The normalized spacial score (nSPS) is 10.5. The smallest absolute Gasteiger partial charge is 0.251 e. The topological polar surface area (TPSA) is 163 Å². The van der Waals surface area contributed by atoms with Crippen molar-refractivity contribution in [3.05, 3.63) is 70.1 Å². The predicted molar refractivity (Wildman–Crippen MR) is 120 cm³/mol. The van der Waals surface area contributed by atoms with Crippen molar-refractivity contribution in [2.24, 2.45) is 0 Å². The van der Waals surface area contributed by atoms with Crippen molar-refractivity contribution >= 4 is 23.2 Å². The molecule has 0 aliphatic carbocycles. The number of benzene rings is 2. The van der Waals surface area contributed by atoms with E-state index in [1.54, 1.807) is 0 Å². The molecule has 2 rings (SSSR count). The molecule has 0 aliphatic rings. The molecule has 174 valence electrons. The summed E-state index contributed by atoms with van der Waals surface area (Å²) >= 11 is 0. The van der Waals surface area contributed by atoms with Gasteiger partial charge in [0.15, 0.2) is 0 Å². The fourth-order valence-electron chi connectivity index (χ4n) is 2.80. The van der Waals surface area contributed by atoms with Crippen LogP contribution in [0, 0.1) is 10.4 Å². The SMILES string of the molecule is O=C(NCCCCNCCCNC(=O)c1ccc(N([O-])O)cc1)c1ccc(N([O-])O)cc1. The minimum absolute atomic E-state index is 0.0545. The third-order valence-electron chi connectivity index (χ3n) is 4.58. The molecule has 11 nitrogen and oxygen atoms in total. The molecular formula is C21H27N5O6-2. The van der Waals surface area contributed by atoms with Gasteiger partial charge >= 0.3 is 0 Å². The zero-order chi connectivity index (χ0) is 23.3. The van der Waals surface area contributed by atoms with Gasteiger partial charge in [-0.1, -0.05) is 0 Å². The fraction of sp³-hybridized carbons (Fsp3) is 0.333. The molecule has 11 heteroatoms. The van der Waals surface area contributed by atoms with Crippen LogP contribution in [0.3, 0.4) is 0 Å². The van der Waals surface area contributed by atoms with Crippen LogP contribution < -0.4 is 26.4 Å². The van der Waals surface area contributed by atoms with Crippen LogP contribution in [0.1, 0.15) is 40.0 Å². The van der Waals surface area contributed by atoms with E-state index in [4.69, 9.17) is 10.4 Å². The van der Waals surface area contributed by atoms with Crippen LogP contribution in [0.25, 0.3) is 0 Å². The largest absolute Gasteiger partial charge is 0.733 e. The van der Waals surface area contributed by atoms with Crippen molar-refractivity contribution in [3.63, 3.8) is 0 Å². The van der Waals surface area contributed by atoms with Gasteiger partial charge in [0.1, 0.15) is 0 Å². The van der Waals surface area contributed by atoms with E-state index in [0.29, 0.717) is 24.2 Å². The first-order chi connectivity index (χ1) is 15.4. The van der Waals surface area contributed by atoms with Gasteiger partial charge in [0.25, 0.3) is 11.8 Å². The Labute approximate surface area is 185 Å². The highest BCUT2D eigenvalue weighted by molar-refractivity contribution is 5.95. The molecule has 5 N–H and O–H groups in total. The molecule has 0 saturated carbocycles. The molecule has 0 fully saturated rings. The van der Waals surface area contributed by atoms with Crippen LogP contribution in [-0.4, -0.2) is 48.4 Å². The van der Waals surface area contributed by atoms with Gasteiger partial charge in [-0.25, -0.2) is 0 Å². The summed E-state index contributed by atoms with van der Waals surface area (Å²) in [6.45, 7) is 2.53. The number of nitrogens with one attached hydrogen (secondary N) is 3. The van der Waals surface area contributed by atoms with Crippen LogP contribution in [-0.2, 0) is 0 Å². The Hall–Kier alpha value is -3.22. The summed E-state index contributed by atoms with van der Waals surface area (Å²) in [7, 11) is 0. The average Bonchev–Trinajstić information content (AvgIpc) is 2.80. The summed E-state index contributed by atoms with van der Waals surface area (Å²) in [6.07, 6.45) is 2.41. The Kier molecular flexibility index (Phi) is 10.4. The lowest BCUT2D eigenvalue weighted by molar-refractivity contribution is 0.0944. The molecule has 0 heterocycles. The fourth-order valence-corrected chi connectivity index (χ4v) is 2.80. The van der Waals surface area contributed by atoms with Crippen molar-refractivity contribution < 1.29 is 20.0 Å². The maximum absolute atomic E-state index is 12.0. The summed E-state index contributed by atoms with van der Waals surface area (Å²) in [5, 5.41) is 47.3. The van der Waals surface area contributed by atoms with Crippen molar-refractivity contribution in [1.29, 1.82) is 0 Å². The number of nitrogens with zero attached hydrogens (tertiary/aromatic N) is 2. The van der Waals surface area contributed by atoms with Crippen molar-refractivity contribution in [2.75, 3.05) is 36.6 Å². The zero-order valence-electron chi connectivity index (χ0n) is 17.5. The lowest BCUT2D eigenvalue weighted by Crippen LogP contribution is -2.28. The molecule has 2 aromatic carbocycles. The van der Waals surface area contributed by atoms with Gasteiger partial charge in [0.2, 0.25) is 0 Å². The molecule has 0 unspecified atom stereocenters. The molecule has 2 amide bonds. The third kappa shape index (κ3) is 8.49. The van der Waals surface area contributed by atoms with E-state index in [0.717, 1.165) is 32.4 Å². The van der Waals surface area contributed by atoms with Crippen molar-refractivity contribution in [2.45, 2.75) is 19.3 Å². The monoisotopic (exact) mass is 445 g/mol. The molecular weight excluding hydrogens is 418 g/mol. The third-order valence-corrected chi connectivity index (χ3v) is 4.58. The maximum atomic E-state index is 12.0. The number of hydrogen-bond acceptors (Lipinski definition) is 9. The van der Waals surface area contributed by atoms with Crippen LogP contribution in [0.15, 0.2) is 48.5 Å². The lowest BCUT2D eigenvalue weighted by Gasteiger charge is -2.21. The van der Waals surface area contributed by atoms with Gasteiger partial charge in [0.05, 0.1) is 11.4 Å². The van der Waals surface area contributed by atoms with E-state index in [9.17, 15) is 20.0 Å². The summed E-state index contributed by atoms with van der Waals surface area (Å²) in [4.78, 5) is 24.0. The molecule has 0 bridgehead atoms. The molecule has 0 aromatic heterocycles. The van der Waals surface area contributed by atoms with Gasteiger partial charge in [0, 0.05) is 24.2 Å². The van der Waals surface area contributed by atoms with E-state index in [-0.39, 0.29) is 33.6 Å². The predicted octanol–water partition coefficient (Wildman–Crippen LogP) is 1.99. The lowest BCUT2D eigenvalue weighted by atomic mass is 10.2. The Morgan fingerprint density at radius 2 is 1.03 bits per heavy atom. The van der Waals surface area contributed by atoms with E-state index < -0.39 is 0 Å². The summed E-state index contributed by atoms with van der Waals surface area (Å²) in [6, 6.07) is 11.3. The number of anilines is 2. The highest BCUT2D eigenvalue weighted by Gasteiger charge is 2.06. The van der Waals surface area contributed by atoms with Crippen LogP contribution >= 0.6 is 0 Å². The van der Waals surface area contributed by atoms with Crippen LogP contribution in [0.2, 0.25) is 0 Å². The van der Waals surface area contributed by atoms with Gasteiger partial charge < -0.3 is 36.8 Å². The minimum atomic E-state index is -0.262. The number of carbonyl (C=O) groups excluding carboxylic acids is 2. The van der Waals surface area contributed by atoms with Crippen molar-refractivity contribution in [1.82, 2.24) is 16.0 Å². The van der Waals surface area contributed by atoms with Gasteiger partial charge in [-0.05, 0) is 80.9 Å². The second-order valence-corrected chi connectivity index (χ2v) is 6.96. The Morgan fingerprint density at radius 3 is 1.47 bits per heavy atom. The van der Waals surface area contributed by atoms with Crippen molar-refractivity contribution in [3.8, 4) is 0 Å². The van der Waals surface area contributed by atoms with E-state index in [1.807, 2.05) is 0 Å². The van der Waals surface area contributed by atoms with Gasteiger partial charge in [-0.3, -0.25) is 20.0 Å². The first kappa shape index (κ1) is 25.0. The quantitative estimate of drug-likeness (QED) is 0.229. The summed E-state index contributed by atoms with van der Waals surface area (Å²) in [5.74, 6) is -0.494. The van der Waals surface area contributed by atoms with Gasteiger partial charge in [-0.2, -0.15) is 0 Å². The number of rotatable bonds is 13. The molecule has 0 aliphatic heterocycles. The zero-order valence-corrected chi connectivity index (χ0v) is 17.5. The summed E-state index contributed by atoms with van der Waals surface area (Å²) < 4.78 is 0. The van der Waals surface area contributed by atoms with Crippen LogP contribution in [0.5, 0.6) is 0 Å². The molecule has 0 radical (unpaired) electrons. The summed E-state index contributed by atoms with van der Waals surface area (Å²) in [5.41, 5.74) is 0.925. The second kappa shape index (κ2) is 13.2. The van der Waals surface area contributed by atoms with Crippen LogP contribution in [0.4, 0.5) is 11.4 Å². The highest BCUT2D eigenvalue weighted by Crippen LogP contribution is 2.13. The number of unbranched alkanes of at least 4 members (excludes halogenated alkanes) is 1. The first-order valence-corrected chi connectivity index (χ1v) is 10.2. The standard InChI is InChI=1S/C21H27N5O6/c27-20(16-4-8-18(9-5-16)25(29)30)23-14-2-1-12-22-13-3-15-24-21(28)17-6-10-19(11-7-17)26(31)32/h4-11,22,29,31H,1-3,12-15H2,(H,23,27)(H,24,28)/q-2. The maximum Gasteiger partial charge on any atom is 0.251 e. The average molecular weight is 445 g/mol. The van der Waals surface area contributed by atoms with E-state index >= 15 is 0 Å². The first-order valence-electron chi connectivity index (χ1n) is 10.2. The number of carbonyl (C=O) groups is 2. The second-order valence-electron chi connectivity index (χ2n) is 6.96. The van der Waals surface area contributed by atoms with E-state index in [1.165, 1.54) is 48.5 Å². The Morgan fingerprint density at radius 1 is 0.656 bits per heavy atom. The minimum Gasteiger partial charge on any atom is -0.733 e. The highest BCUT2D eigenvalue weighted by atomic mass is 16.8. The molecule has 2 aromatic rings. The molecule has 32 heavy (non-hydrogen) atoms. The van der Waals surface area contributed by atoms with E-state index in [2.05, 4.69) is 16.0 Å². The number of hydrogen-bond donors (Lipinski definition) is 5.